The maximum Gasteiger partial charge on any atom is 0.232 e. The molecule has 21 heavy (non-hydrogen) atoms. The number of halogens is 1. The number of nitrogens with zero attached hydrogens (tertiary/aromatic N) is 1. The Morgan fingerprint density at radius 3 is 2.43 bits per heavy atom. The molecule has 3 rings (SSSR count). The first-order chi connectivity index (χ1) is 10.1. The lowest BCUT2D eigenvalue weighted by atomic mass is 10.1. The third kappa shape index (κ3) is 2.59. The molecule has 0 saturated heterocycles. The van der Waals surface area contributed by atoms with E-state index in [0.29, 0.717) is 17.1 Å². The molecule has 0 radical (unpaired) electrons. The van der Waals surface area contributed by atoms with Crippen molar-refractivity contribution in [1.82, 2.24) is 0 Å². The smallest absolute Gasteiger partial charge is 0.232 e. The number of rotatable bonds is 2. The van der Waals surface area contributed by atoms with Crippen LogP contribution in [0, 0.1) is 0 Å². The fraction of sp³-hybridized carbons (Fsp3) is 0.118. The molecule has 1 heterocycles. The lowest BCUT2D eigenvalue weighted by Crippen LogP contribution is -2.08. The summed E-state index contributed by atoms with van der Waals surface area (Å²) in [5, 5.41) is 0. The highest BCUT2D eigenvalue weighted by atomic mass is 79.9. The topological polar surface area (TPSA) is 29.5 Å². The van der Waals surface area contributed by atoms with Gasteiger partial charge in [0.15, 0.2) is 11.5 Å². The van der Waals surface area contributed by atoms with Crippen LogP contribution in [0.25, 0.3) is 6.08 Å². The average Bonchev–Trinajstić information content (AvgIpc) is 2.78. The molecule has 106 valence electrons. The van der Waals surface area contributed by atoms with E-state index in [2.05, 4.69) is 15.9 Å². The van der Waals surface area contributed by atoms with Crippen LogP contribution >= 0.6 is 15.9 Å². The SMILES string of the molecule is CN(C)c1ccc(/C=C2\Oc3c(Br)cccc3C2=O)cc1. The Morgan fingerprint density at radius 2 is 1.81 bits per heavy atom. The molecule has 0 N–H and O–H groups in total. The van der Waals surface area contributed by atoms with Crippen LogP contribution in [0.2, 0.25) is 0 Å². The van der Waals surface area contributed by atoms with Gasteiger partial charge in [0.2, 0.25) is 5.78 Å². The minimum absolute atomic E-state index is 0.0806. The second kappa shape index (κ2) is 5.37. The van der Waals surface area contributed by atoms with Gasteiger partial charge in [0.25, 0.3) is 0 Å². The number of benzene rings is 2. The summed E-state index contributed by atoms with van der Waals surface area (Å²) in [5.41, 5.74) is 2.65. The van der Waals surface area contributed by atoms with Gasteiger partial charge >= 0.3 is 0 Å². The van der Waals surface area contributed by atoms with E-state index in [1.54, 1.807) is 12.1 Å². The predicted octanol–water partition coefficient (Wildman–Crippen LogP) is 4.13. The van der Waals surface area contributed by atoms with E-state index in [4.69, 9.17) is 4.74 Å². The van der Waals surface area contributed by atoms with Crippen molar-refractivity contribution >= 4 is 33.5 Å². The van der Waals surface area contributed by atoms with Gasteiger partial charge in [-0.25, -0.2) is 0 Å². The fourth-order valence-corrected chi connectivity index (χ4v) is 2.64. The van der Waals surface area contributed by atoms with E-state index in [1.165, 1.54) is 0 Å². The maximum absolute atomic E-state index is 12.3. The van der Waals surface area contributed by atoms with Crippen LogP contribution < -0.4 is 9.64 Å². The Morgan fingerprint density at radius 1 is 1.10 bits per heavy atom. The fourth-order valence-electron chi connectivity index (χ4n) is 2.20. The molecule has 2 aromatic rings. The van der Waals surface area contributed by atoms with Gasteiger partial charge in [0.05, 0.1) is 10.0 Å². The van der Waals surface area contributed by atoms with Crippen molar-refractivity contribution in [3.8, 4) is 5.75 Å². The molecule has 0 atom stereocenters. The Bertz CT molecular complexity index is 733. The highest BCUT2D eigenvalue weighted by Crippen LogP contribution is 2.37. The molecule has 0 spiro atoms. The summed E-state index contributed by atoms with van der Waals surface area (Å²) >= 11 is 3.40. The summed E-state index contributed by atoms with van der Waals surface area (Å²) in [4.78, 5) is 14.3. The van der Waals surface area contributed by atoms with Gasteiger partial charge in [0, 0.05) is 19.8 Å². The van der Waals surface area contributed by atoms with Gasteiger partial charge < -0.3 is 9.64 Å². The number of para-hydroxylation sites is 1. The lowest BCUT2D eigenvalue weighted by Gasteiger charge is -2.11. The number of ketones is 1. The standard InChI is InChI=1S/C17H14BrNO2/c1-19(2)12-8-6-11(7-9-12)10-15-16(20)13-4-3-5-14(18)17(13)21-15/h3-10H,1-2H3/b15-10-. The number of Topliss-reactive ketones (excluding diaryl/α,β-unsaturated/α-hetero) is 1. The van der Waals surface area contributed by atoms with E-state index >= 15 is 0 Å². The zero-order valence-electron chi connectivity index (χ0n) is 11.8. The molecule has 0 aliphatic carbocycles. The van der Waals surface area contributed by atoms with E-state index in [9.17, 15) is 4.79 Å². The molecule has 1 aliphatic rings. The molecular formula is C17H14BrNO2. The van der Waals surface area contributed by atoms with Crippen molar-refractivity contribution in [1.29, 1.82) is 0 Å². The number of allylic oxidation sites excluding steroid dienone is 1. The van der Waals surface area contributed by atoms with Crippen LogP contribution in [0.4, 0.5) is 5.69 Å². The average molecular weight is 344 g/mol. The van der Waals surface area contributed by atoms with E-state index < -0.39 is 0 Å². The van der Waals surface area contributed by atoms with Crippen LogP contribution in [0.15, 0.2) is 52.7 Å². The summed E-state index contributed by atoms with van der Waals surface area (Å²) in [5.74, 6) is 0.871. The number of carbonyl (C=O) groups is 1. The van der Waals surface area contributed by atoms with Gasteiger partial charge in [0.1, 0.15) is 0 Å². The summed E-state index contributed by atoms with van der Waals surface area (Å²) in [6, 6.07) is 13.4. The number of fused-ring (bicyclic) bond motifs is 1. The molecule has 0 saturated carbocycles. The van der Waals surface area contributed by atoms with Crippen molar-refractivity contribution in [2.24, 2.45) is 0 Å². The van der Waals surface area contributed by atoms with Crippen molar-refractivity contribution in [2.75, 3.05) is 19.0 Å². The van der Waals surface area contributed by atoms with E-state index in [-0.39, 0.29) is 5.78 Å². The van der Waals surface area contributed by atoms with Crippen molar-refractivity contribution < 1.29 is 9.53 Å². The minimum Gasteiger partial charge on any atom is -0.451 e. The van der Waals surface area contributed by atoms with Gasteiger partial charge in [-0.1, -0.05) is 18.2 Å². The Balaban J connectivity index is 1.92. The van der Waals surface area contributed by atoms with Crippen LogP contribution in [0.5, 0.6) is 5.75 Å². The number of anilines is 1. The molecule has 0 fully saturated rings. The first-order valence-corrected chi connectivity index (χ1v) is 7.36. The van der Waals surface area contributed by atoms with Crippen LogP contribution in [-0.4, -0.2) is 19.9 Å². The van der Waals surface area contributed by atoms with E-state index in [0.717, 1.165) is 15.7 Å². The van der Waals surface area contributed by atoms with Crippen LogP contribution in [0.3, 0.4) is 0 Å². The number of hydrogen-bond donors (Lipinski definition) is 0. The maximum atomic E-state index is 12.3. The van der Waals surface area contributed by atoms with Gasteiger partial charge in [-0.05, 0) is 51.8 Å². The van der Waals surface area contributed by atoms with Gasteiger partial charge in [-0.2, -0.15) is 0 Å². The van der Waals surface area contributed by atoms with Gasteiger partial charge in [-0.3, -0.25) is 4.79 Å². The Kier molecular flexibility index (Phi) is 3.55. The molecule has 1 aliphatic heterocycles. The second-order valence-corrected chi connectivity index (χ2v) is 5.90. The summed E-state index contributed by atoms with van der Waals surface area (Å²) in [7, 11) is 3.98. The van der Waals surface area contributed by atoms with Crippen molar-refractivity contribution in [3.05, 3.63) is 63.8 Å². The van der Waals surface area contributed by atoms with Gasteiger partial charge in [-0.15, -0.1) is 0 Å². The molecule has 0 amide bonds. The molecule has 0 bridgehead atoms. The molecule has 4 heteroatoms. The second-order valence-electron chi connectivity index (χ2n) is 5.04. The quantitative estimate of drug-likeness (QED) is 0.767. The minimum atomic E-state index is -0.0806. The van der Waals surface area contributed by atoms with E-state index in [1.807, 2.05) is 55.4 Å². The van der Waals surface area contributed by atoms with Crippen molar-refractivity contribution in [3.63, 3.8) is 0 Å². The zero-order chi connectivity index (χ0) is 15.0. The Hall–Kier alpha value is -2.07. The van der Waals surface area contributed by atoms with Crippen LogP contribution in [0.1, 0.15) is 15.9 Å². The van der Waals surface area contributed by atoms with Crippen molar-refractivity contribution in [2.45, 2.75) is 0 Å². The number of hydrogen-bond acceptors (Lipinski definition) is 3. The highest BCUT2D eigenvalue weighted by molar-refractivity contribution is 9.10. The first kappa shape index (κ1) is 13.9. The monoisotopic (exact) mass is 343 g/mol. The molecule has 0 unspecified atom stereocenters. The third-order valence-corrected chi connectivity index (χ3v) is 3.98. The largest absolute Gasteiger partial charge is 0.451 e. The Labute approximate surface area is 132 Å². The summed E-state index contributed by atoms with van der Waals surface area (Å²) < 4.78 is 6.48. The zero-order valence-corrected chi connectivity index (χ0v) is 13.3. The normalized spacial score (nSPS) is 15.0. The molecule has 0 aromatic heterocycles. The molecule has 2 aromatic carbocycles. The first-order valence-electron chi connectivity index (χ1n) is 6.56. The molecule has 3 nitrogen and oxygen atoms in total. The van der Waals surface area contributed by atoms with Crippen LogP contribution in [-0.2, 0) is 0 Å². The third-order valence-electron chi connectivity index (χ3n) is 3.35. The molecular weight excluding hydrogens is 330 g/mol. The highest BCUT2D eigenvalue weighted by Gasteiger charge is 2.28. The predicted molar refractivity (Wildman–Crippen MR) is 87.8 cm³/mol. The number of carbonyl (C=O) groups excluding carboxylic acids is 1. The summed E-state index contributed by atoms with van der Waals surface area (Å²) in [6.45, 7) is 0. The number of ether oxygens (including phenoxy) is 1. The summed E-state index contributed by atoms with van der Waals surface area (Å²) in [6.07, 6.45) is 1.77. The lowest BCUT2D eigenvalue weighted by molar-refractivity contribution is 0.101.